The molecular weight excluding hydrogens is 354 g/mol. The van der Waals surface area contributed by atoms with Crippen LogP contribution >= 0.6 is 15.9 Å². The van der Waals surface area contributed by atoms with Gasteiger partial charge in [0.2, 0.25) is 10.0 Å². The molecule has 108 valence electrons. The Kier molecular flexibility index (Phi) is 5.97. The Morgan fingerprint density at radius 2 is 1.53 bits per heavy atom. The average Bonchev–Trinajstić information content (AvgIpc) is 2.34. The quantitative estimate of drug-likeness (QED) is 0.728. The largest absolute Gasteiger partial charge is 0.229 e. The van der Waals surface area contributed by atoms with E-state index in [0.717, 1.165) is 22.7 Å². The molecule has 0 atom stereocenters. The molecular formula is C11H16BrNO4S2. The van der Waals surface area contributed by atoms with Gasteiger partial charge in [-0.15, -0.1) is 0 Å². The summed E-state index contributed by atoms with van der Waals surface area (Å²) in [5.74, 6) is -0.782. The number of sulfone groups is 1. The van der Waals surface area contributed by atoms with Crippen LogP contribution in [0.25, 0.3) is 0 Å². The Morgan fingerprint density at radius 3 is 2.00 bits per heavy atom. The summed E-state index contributed by atoms with van der Waals surface area (Å²) in [4.78, 5) is 0. The van der Waals surface area contributed by atoms with Crippen molar-refractivity contribution in [2.24, 2.45) is 0 Å². The third kappa shape index (κ3) is 7.05. The van der Waals surface area contributed by atoms with Gasteiger partial charge in [0, 0.05) is 18.1 Å². The van der Waals surface area contributed by atoms with Crippen LogP contribution in [0.1, 0.15) is 11.1 Å². The lowest BCUT2D eigenvalue weighted by molar-refractivity contribution is 0.579. The summed E-state index contributed by atoms with van der Waals surface area (Å²) >= 11 is 3.32. The number of hydrogen-bond donors (Lipinski definition) is 1. The normalized spacial score (nSPS) is 12.5. The highest BCUT2D eigenvalue weighted by molar-refractivity contribution is 9.08. The van der Waals surface area contributed by atoms with Crippen molar-refractivity contribution < 1.29 is 16.8 Å². The third-order valence-corrected chi connectivity index (χ3v) is 5.57. The lowest BCUT2D eigenvalue weighted by Crippen LogP contribution is -2.29. The molecule has 1 aromatic carbocycles. The van der Waals surface area contributed by atoms with Gasteiger partial charge in [0.05, 0.1) is 11.5 Å². The summed E-state index contributed by atoms with van der Waals surface area (Å²) in [6.07, 6.45) is 1.02. The highest BCUT2D eigenvalue weighted by atomic mass is 79.9. The van der Waals surface area contributed by atoms with Gasteiger partial charge >= 0.3 is 0 Å². The fourth-order valence-corrected chi connectivity index (χ4v) is 4.27. The van der Waals surface area contributed by atoms with E-state index in [9.17, 15) is 16.8 Å². The topological polar surface area (TPSA) is 80.3 Å². The van der Waals surface area contributed by atoms with Gasteiger partial charge < -0.3 is 0 Å². The van der Waals surface area contributed by atoms with Crippen molar-refractivity contribution in [1.29, 1.82) is 0 Å². The molecule has 0 bridgehead atoms. The van der Waals surface area contributed by atoms with E-state index in [-0.39, 0.29) is 12.3 Å². The van der Waals surface area contributed by atoms with Crippen molar-refractivity contribution in [3.05, 3.63) is 35.4 Å². The van der Waals surface area contributed by atoms with Crippen LogP contribution in [0.2, 0.25) is 0 Å². The minimum absolute atomic E-state index is 0.161. The number of nitrogens with one attached hydrogen (secondary N) is 1. The zero-order valence-corrected chi connectivity index (χ0v) is 13.7. The first-order valence-electron chi connectivity index (χ1n) is 5.51. The van der Waals surface area contributed by atoms with E-state index >= 15 is 0 Å². The second kappa shape index (κ2) is 6.83. The molecule has 0 heterocycles. The van der Waals surface area contributed by atoms with E-state index in [0.29, 0.717) is 0 Å². The number of rotatable bonds is 7. The van der Waals surface area contributed by atoms with Gasteiger partial charge in [-0.05, 0) is 11.1 Å². The molecule has 5 nitrogen and oxygen atoms in total. The first-order valence-corrected chi connectivity index (χ1v) is 10.3. The number of hydrogen-bond acceptors (Lipinski definition) is 4. The molecule has 8 heteroatoms. The molecule has 1 aromatic rings. The molecule has 0 aliphatic rings. The standard InChI is InChI=1S/C11H16BrNO4S2/c1-18(14,15)6-7-19(16,17)13-9-11-4-2-10(8-12)3-5-11/h2-5,13H,6-9H2,1H3. The smallest absolute Gasteiger partial charge is 0.212 e. The first kappa shape index (κ1) is 16.6. The predicted molar refractivity (Wildman–Crippen MR) is 79.4 cm³/mol. The van der Waals surface area contributed by atoms with Gasteiger partial charge in [-0.1, -0.05) is 40.2 Å². The zero-order valence-electron chi connectivity index (χ0n) is 10.5. The van der Waals surface area contributed by atoms with Crippen LogP contribution in [0.5, 0.6) is 0 Å². The molecule has 0 fully saturated rings. The SMILES string of the molecule is CS(=O)(=O)CCS(=O)(=O)NCc1ccc(CBr)cc1. The molecule has 1 rings (SSSR count). The maximum atomic E-state index is 11.6. The summed E-state index contributed by atoms with van der Waals surface area (Å²) in [6.45, 7) is 0.161. The van der Waals surface area contributed by atoms with Gasteiger partial charge in [0.25, 0.3) is 0 Å². The number of benzene rings is 1. The van der Waals surface area contributed by atoms with Crippen LogP contribution in [-0.2, 0) is 31.7 Å². The predicted octanol–water partition coefficient (Wildman–Crippen LogP) is 1.05. The molecule has 0 aromatic heterocycles. The lowest BCUT2D eigenvalue weighted by Gasteiger charge is -2.06. The molecule has 0 amide bonds. The van der Waals surface area contributed by atoms with E-state index in [1.165, 1.54) is 0 Å². The van der Waals surface area contributed by atoms with Crippen molar-refractivity contribution in [2.75, 3.05) is 17.8 Å². The van der Waals surface area contributed by atoms with Crippen LogP contribution in [-0.4, -0.2) is 34.6 Å². The van der Waals surface area contributed by atoms with Crippen LogP contribution in [0, 0.1) is 0 Å². The lowest BCUT2D eigenvalue weighted by atomic mass is 10.2. The molecule has 0 unspecified atom stereocenters. The average molecular weight is 370 g/mol. The van der Waals surface area contributed by atoms with Crippen molar-refractivity contribution in [3.8, 4) is 0 Å². The van der Waals surface area contributed by atoms with E-state index in [1.807, 2.05) is 24.3 Å². The second-order valence-corrected chi connectivity index (χ2v) is 8.97. The number of halogens is 1. The van der Waals surface area contributed by atoms with Crippen molar-refractivity contribution in [1.82, 2.24) is 4.72 Å². The maximum Gasteiger partial charge on any atom is 0.212 e. The molecule has 0 aliphatic heterocycles. The van der Waals surface area contributed by atoms with Crippen molar-refractivity contribution in [3.63, 3.8) is 0 Å². The van der Waals surface area contributed by atoms with Crippen molar-refractivity contribution in [2.45, 2.75) is 11.9 Å². The summed E-state index contributed by atoms with van der Waals surface area (Å²) in [6, 6.07) is 7.45. The van der Waals surface area contributed by atoms with Crippen LogP contribution < -0.4 is 4.72 Å². The molecule has 0 saturated heterocycles. The van der Waals surface area contributed by atoms with Gasteiger partial charge in [-0.3, -0.25) is 0 Å². The first-order chi connectivity index (χ1) is 8.72. The molecule has 0 saturated carbocycles. The van der Waals surface area contributed by atoms with Gasteiger partial charge in [-0.2, -0.15) is 0 Å². The summed E-state index contributed by atoms with van der Waals surface area (Å²) in [5.41, 5.74) is 1.93. The maximum absolute atomic E-state index is 11.6. The molecule has 0 radical (unpaired) electrons. The molecule has 19 heavy (non-hydrogen) atoms. The highest BCUT2D eigenvalue weighted by Gasteiger charge is 2.13. The summed E-state index contributed by atoms with van der Waals surface area (Å²) in [7, 11) is -6.84. The van der Waals surface area contributed by atoms with E-state index in [1.54, 1.807) is 0 Å². The molecule has 0 aliphatic carbocycles. The van der Waals surface area contributed by atoms with E-state index in [4.69, 9.17) is 0 Å². The second-order valence-electron chi connectivity index (χ2n) is 4.22. The van der Waals surface area contributed by atoms with E-state index < -0.39 is 25.6 Å². The van der Waals surface area contributed by atoms with Gasteiger partial charge in [0.15, 0.2) is 0 Å². The fraction of sp³-hybridized carbons (Fsp3) is 0.455. The zero-order chi connectivity index (χ0) is 14.5. The third-order valence-electron chi connectivity index (χ3n) is 2.40. The highest BCUT2D eigenvalue weighted by Crippen LogP contribution is 2.08. The van der Waals surface area contributed by atoms with Crippen LogP contribution in [0.15, 0.2) is 24.3 Å². The minimum atomic E-state index is -3.57. The van der Waals surface area contributed by atoms with Gasteiger partial charge in [0.1, 0.15) is 9.84 Å². The number of sulfonamides is 1. The summed E-state index contributed by atoms with van der Waals surface area (Å²) in [5, 5.41) is 0.743. The van der Waals surface area contributed by atoms with Crippen LogP contribution in [0.4, 0.5) is 0 Å². The summed E-state index contributed by atoms with van der Waals surface area (Å²) < 4.78 is 47.4. The Balaban J connectivity index is 2.55. The van der Waals surface area contributed by atoms with Crippen LogP contribution in [0.3, 0.4) is 0 Å². The van der Waals surface area contributed by atoms with Crippen molar-refractivity contribution >= 4 is 35.8 Å². The molecule has 1 N–H and O–H groups in total. The monoisotopic (exact) mass is 369 g/mol. The van der Waals surface area contributed by atoms with E-state index in [2.05, 4.69) is 20.7 Å². The Labute approximate surface area is 122 Å². The minimum Gasteiger partial charge on any atom is -0.229 e. The fourth-order valence-electron chi connectivity index (χ4n) is 1.27. The Morgan fingerprint density at radius 1 is 1.00 bits per heavy atom. The Bertz CT molecular complexity index is 609. The van der Waals surface area contributed by atoms with Gasteiger partial charge in [-0.25, -0.2) is 21.6 Å². The number of alkyl halides is 1. The Hall–Kier alpha value is -0.440. The molecule has 0 spiro atoms.